The summed E-state index contributed by atoms with van der Waals surface area (Å²) in [5.41, 5.74) is -1.33. The van der Waals surface area contributed by atoms with Crippen molar-refractivity contribution >= 4 is 27.6 Å². The van der Waals surface area contributed by atoms with E-state index in [9.17, 15) is 9.59 Å². The molecule has 3 rings (SSSR count). The maximum atomic E-state index is 13.1. The highest BCUT2D eigenvalue weighted by Crippen LogP contribution is 2.72. The van der Waals surface area contributed by atoms with Gasteiger partial charge in [-0.05, 0) is 31.2 Å². The summed E-state index contributed by atoms with van der Waals surface area (Å²) >= 11 is 3.57. The molecule has 2 aliphatic carbocycles. The third-order valence-electron chi connectivity index (χ3n) is 7.17. The molecule has 1 aliphatic heterocycles. The highest BCUT2D eigenvalue weighted by atomic mass is 79.9. The Hall–Kier alpha value is -0.460. The van der Waals surface area contributed by atoms with Crippen molar-refractivity contribution in [1.29, 1.82) is 0 Å². The molecule has 3 atom stereocenters. The summed E-state index contributed by atoms with van der Waals surface area (Å²) in [7, 11) is 0. The minimum absolute atomic E-state index is 0.0472. The summed E-state index contributed by atoms with van der Waals surface area (Å²) in [5, 5.41) is 3.13. The van der Waals surface area contributed by atoms with E-state index < -0.39 is 10.8 Å². The van der Waals surface area contributed by atoms with E-state index in [1.807, 2.05) is 6.92 Å². The van der Waals surface area contributed by atoms with Crippen LogP contribution in [0.1, 0.15) is 40.0 Å². The molecule has 2 saturated carbocycles. The van der Waals surface area contributed by atoms with Gasteiger partial charge >= 0.3 is 0 Å². The number of halogens is 1. The number of alkyl halides is 1. The average Bonchev–Trinajstić information content (AvgIpc) is 2.84. The van der Waals surface area contributed by atoms with Gasteiger partial charge in [0.25, 0.3) is 0 Å². The molecule has 2 bridgehead atoms. The maximum Gasteiger partial charge on any atom is 0.228 e. The van der Waals surface area contributed by atoms with Crippen molar-refractivity contribution in [3.8, 4) is 0 Å². The number of ketones is 1. The number of amides is 1. The van der Waals surface area contributed by atoms with Crippen LogP contribution in [0.4, 0.5) is 0 Å². The van der Waals surface area contributed by atoms with Crippen LogP contribution in [0, 0.1) is 16.2 Å². The first-order valence-corrected chi connectivity index (χ1v) is 9.96. The molecule has 0 aromatic rings. The zero-order valence-electron chi connectivity index (χ0n) is 15.0. The Labute approximate surface area is 153 Å². The molecule has 0 spiro atoms. The third kappa shape index (κ3) is 2.40. The van der Waals surface area contributed by atoms with E-state index in [2.05, 4.69) is 40.0 Å². The number of nitrogens with zero attached hydrogens (tertiary/aromatic N) is 1. The van der Waals surface area contributed by atoms with Crippen LogP contribution in [0.2, 0.25) is 0 Å². The molecule has 0 aromatic heterocycles. The molecular weight excluding hydrogens is 372 g/mol. The van der Waals surface area contributed by atoms with Crippen molar-refractivity contribution in [2.45, 2.75) is 44.9 Å². The van der Waals surface area contributed by atoms with Crippen LogP contribution < -0.4 is 5.32 Å². The van der Waals surface area contributed by atoms with Gasteiger partial charge in [0.15, 0.2) is 5.78 Å². The Morgan fingerprint density at radius 2 is 1.96 bits per heavy atom. The van der Waals surface area contributed by atoms with Gasteiger partial charge < -0.3 is 10.1 Å². The molecule has 3 aliphatic rings. The van der Waals surface area contributed by atoms with Crippen molar-refractivity contribution in [3.05, 3.63) is 0 Å². The van der Waals surface area contributed by atoms with Crippen LogP contribution in [0.25, 0.3) is 0 Å². The van der Waals surface area contributed by atoms with Crippen LogP contribution >= 0.6 is 15.9 Å². The van der Waals surface area contributed by atoms with Gasteiger partial charge in [0.05, 0.1) is 23.5 Å². The zero-order valence-corrected chi connectivity index (χ0v) is 16.6. The number of hydrogen-bond acceptors (Lipinski definition) is 4. The first-order valence-electron chi connectivity index (χ1n) is 9.04. The zero-order chi connectivity index (χ0) is 17.6. The van der Waals surface area contributed by atoms with Gasteiger partial charge in [0, 0.05) is 25.0 Å². The fraction of sp³-hybridized carbons (Fsp3) is 0.889. The Balaban J connectivity index is 1.59. The monoisotopic (exact) mass is 400 g/mol. The van der Waals surface area contributed by atoms with E-state index >= 15 is 0 Å². The van der Waals surface area contributed by atoms with Crippen LogP contribution in [-0.2, 0) is 14.3 Å². The lowest BCUT2D eigenvalue weighted by Gasteiger charge is -2.39. The predicted octanol–water partition coefficient (Wildman–Crippen LogP) is 1.98. The summed E-state index contributed by atoms with van der Waals surface area (Å²) in [5.74, 6) is 0.244. The van der Waals surface area contributed by atoms with Gasteiger partial charge in [-0.25, -0.2) is 0 Å². The van der Waals surface area contributed by atoms with Gasteiger partial charge in [-0.15, -0.1) is 0 Å². The van der Waals surface area contributed by atoms with Crippen molar-refractivity contribution in [1.82, 2.24) is 10.2 Å². The topological polar surface area (TPSA) is 58.6 Å². The first kappa shape index (κ1) is 18.3. The molecule has 136 valence electrons. The number of fused-ring (bicyclic) bond motifs is 2. The molecule has 24 heavy (non-hydrogen) atoms. The van der Waals surface area contributed by atoms with E-state index in [0.29, 0.717) is 6.54 Å². The maximum absolute atomic E-state index is 13.1. The van der Waals surface area contributed by atoms with Crippen molar-refractivity contribution in [3.63, 3.8) is 0 Å². The highest BCUT2D eigenvalue weighted by Gasteiger charge is 2.76. The Morgan fingerprint density at radius 3 is 2.54 bits per heavy atom. The quantitative estimate of drug-likeness (QED) is 0.566. The van der Waals surface area contributed by atoms with Crippen molar-refractivity contribution in [2.75, 3.05) is 39.4 Å². The van der Waals surface area contributed by atoms with Gasteiger partial charge in [-0.3, -0.25) is 14.5 Å². The molecular formula is C18H29BrN2O3. The second kappa shape index (κ2) is 6.36. The smallest absolute Gasteiger partial charge is 0.228 e. The number of carbonyl (C=O) groups excluding carboxylic acids is 2. The van der Waals surface area contributed by atoms with Crippen LogP contribution in [-0.4, -0.2) is 60.8 Å². The number of morpholine rings is 1. The largest absolute Gasteiger partial charge is 0.379 e. The van der Waals surface area contributed by atoms with Crippen molar-refractivity contribution < 1.29 is 14.3 Å². The fourth-order valence-electron chi connectivity index (χ4n) is 4.94. The molecule has 1 saturated heterocycles. The standard InChI is InChI=1S/C18H29BrN2O3/c1-16(2)17(3)5-6-18(16,13(19)14(17)22)15(23)20-7-4-8-21-9-11-24-12-10-21/h13H,4-12H2,1-3H3,(H,20,23). The van der Waals surface area contributed by atoms with E-state index in [1.54, 1.807) is 0 Å². The van der Waals surface area contributed by atoms with Crippen LogP contribution in [0.5, 0.6) is 0 Å². The second-order valence-corrected chi connectivity index (χ2v) is 9.13. The molecule has 1 amide bonds. The molecule has 0 radical (unpaired) electrons. The lowest BCUT2D eigenvalue weighted by atomic mass is 9.64. The first-order chi connectivity index (χ1) is 11.3. The number of ether oxygens (including phenoxy) is 1. The minimum atomic E-state index is -0.613. The lowest BCUT2D eigenvalue weighted by Crippen LogP contribution is -2.51. The van der Waals surface area contributed by atoms with E-state index in [0.717, 1.165) is 52.1 Å². The summed E-state index contributed by atoms with van der Waals surface area (Å²) in [6.45, 7) is 11.4. The molecule has 5 nitrogen and oxygen atoms in total. The Morgan fingerprint density at radius 1 is 1.29 bits per heavy atom. The lowest BCUT2D eigenvalue weighted by molar-refractivity contribution is -0.135. The fourth-order valence-corrected chi connectivity index (χ4v) is 6.46. The Kier molecular flexibility index (Phi) is 4.86. The third-order valence-corrected chi connectivity index (χ3v) is 8.36. The molecule has 3 unspecified atom stereocenters. The van der Waals surface area contributed by atoms with Crippen LogP contribution in [0.15, 0.2) is 0 Å². The second-order valence-electron chi connectivity index (χ2n) is 8.22. The van der Waals surface area contributed by atoms with Gasteiger partial charge in [0.1, 0.15) is 0 Å². The highest BCUT2D eigenvalue weighted by molar-refractivity contribution is 9.10. The molecule has 1 heterocycles. The molecule has 0 aromatic carbocycles. The SMILES string of the molecule is CC12CCC(C(=O)NCCCN3CCOCC3)(C(Br)C1=O)C2(C)C. The number of nitrogens with one attached hydrogen (secondary N) is 1. The predicted molar refractivity (Wildman–Crippen MR) is 96.2 cm³/mol. The molecule has 6 heteroatoms. The Bertz CT molecular complexity index is 532. The summed E-state index contributed by atoms with van der Waals surface area (Å²) in [4.78, 5) is 27.8. The number of rotatable bonds is 5. The molecule has 1 N–H and O–H groups in total. The summed E-state index contributed by atoms with van der Waals surface area (Å²) in [6, 6.07) is 0. The number of hydrogen-bond donors (Lipinski definition) is 1. The number of carbonyl (C=O) groups is 2. The van der Waals surface area contributed by atoms with Gasteiger partial charge in [-0.1, -0.05) is 36.7 Å². The summed E-state index contributed by atoms with van der Waals surface area (Å²) in [6.07, 6.45) is 2.52. The number of Topliss-reactive ketones (excluding diaryl/α,β-unsaturated/α-hetero) is 1. The van der Waals surface area contributed by atoms with Crippen LogP contribution in [0.3, 0.4) is 0 Å². The van der Waals surface area contributed by atoms with Crippen molar-refractivity contribution in [2.24, 2.45) is 16.2 Å². The minimum Gasteiger partial charge on any atom is -0.379 e. The molecule has 3 fully saturated rings. The van der Waals surface area contributed by atoms with E-state index in [-0.39, 0.29) is 21.9 Å². The van der Waals surface area contributed by atoms with Gasteiger partial charge in [-0.2, -0.15) is 0 Å². The van der Waals surface area contributed by atoms with Gasteiger partial charge in [0.2, 0.25) is 5.91 Å². The van der Waals surface area contributed by atoms with E-state index in [4.69, 9.17) is 4.74 Å². The van der Waals surface area contributed by atoms with E-state index in [1.165, 1.54) is 0 Å². The normalized spacial score (nSPS) is 38.5. The average molecular weight is 401 g/mol. The summed E-state index contributed by atoms with van der Waals surface area (Å²) < 4.78 is 5.35.